The van der Waals surface area contributed by atoms with Crippen molar-refractivity contribution in [1.82, 2.24) is 10.6 Å². The highest BCUT2D eigenvalue weighted by molar-refractivity contribution is 9.10. The molecule has 2 aromatic rings. The lowest BCUT2D eigenvalue weighted by Crippen LogP contribution is -2.19. The summed E-state index contributed by atoms with van der Waals surface area (Å²) in [6.07, 6.45) is 7.62. The highest BCUT2D eigenvalue weighted by atomic mass is 79.9. The molecule has 4 N–H and O–H groups in total. The standard InChI is InChI=1S/C24H35BrN2O2/c1-2-22-20(9-12-23(28)24(22)29)14-18-27-16-6-4-3-5-15-26-17-13-19-7-10-21(25)11-8-19/h7-12,26-29H,2-6,13-18H2,1H3. The molecule has 4 nitrogen and oxygen atoms in total. The number of rotatable bonds is 14. The summed E-state index contributed by atoms with van der Waals surface area (Å²) in [4.78, 5) is 0. The van der Waals surface area contributed by atoms with Crippen molar-refractivity contribution in [1.29, 1.82) is 0 Å². The third-order valence-electron chi connectivity index (χ3n) is 5.24. The van der Waals surface area contributed by atoms with Gasteiger partial charge in [0.05, 0.1) is 0 Å². The number of hydrogen-bond acceptors (Lipinski definition) is 4. The zero-order chi connectivity index (χ0) is 20.9. The Morgan fingerprint density at radius 3 is 2.00 bits per heavy atom. The van der Waals surface area contributed by atoms with Crippen LogP contribution in [-0.2, 0) is 19.3 Å². The van der Waals surface area contributed by atoms with E-state index in [1.165, 1.54) is 31.2 Å². The smallest absolute Gasteiger partial charge is 0.160 e. The van der Waals surface area contributed by atoms with Crippen LogP contribution in [0.1, 0.15) is 49.3 Å². The molecule has 0 atom stereocenters. The van der Waals surface area contributed by atoms with Crippen LogP contribution in [0.2, 0.25) is 0 Å². The molecule has 0 aliphatic rings. The molecule has 0 fully saturated rings. The summed E-state index contributed by atoms with van der Waals surface area (Å²) in [7, 11) is 0. The fraction of sp³-hybridized carbons (Fsp3) is 0.500. The van der Waals surface area contributed by atoms with Crippen molar-refractivity contribution >= 4 is 15.9 Å². The van der Waals surface area contributed by atoms with Gasteiger partial charge in [0.25, 0.3) is 0 Å². The first-order valence-electron chi connectivity index (χ1n) is 10.8. The number of halogens is 1. The van der Waals surface area contributed by atoms with Crippen molar-refractivity contribution < 1.29 is 10.2 Å². The van der Waals surface area contributed by atoms with Gasteiger partial charge in [0.15, 0.2) is 11.5 Å². The molecule has 0 saturated heterocycles. The molecule has 0 aliphatic carbocycles. The van der Waals surface area contributed by atoms with E-state index in [-0.39, 0.29) is 11.5 Å². The first-order chi connectivity index (χ1) is 14.1. The number of benzene rings is 2. The van der Waals surface area contributed by atoms with Crippen molar-refractivity contribution in [2.24, 2.45) is 0 Å². The van der Waals surface area contributed by atoms with Gasteiger partial charge in [-0.15, -0.1) is 0 Å². The topological polar surface area (TPSA) is 64.5 Å². The van der Waals surface area contributed by atoms with Crippen LogP contribution in [0.5, 0.6) is 11.5 Å². The van der Waals surface area contributed by atoms with E-state index in [9.17, 15) is 10.2 Å². The number of phenolic OH excluding ortho intramolecular Hbond substituents is 2. The van der Waals surface area contributed by atoms with Crippen molar-refractivity contribution in [2.45, 2.75) is 51.9 Å². The molecule has 160 valence electrons. The van der Waals surface area contributed by atoms with E-state index in [0.29, 0.717) is 0 Å². The predicted molar refractivity (Wildman–Crippen MR) is 125 cm³/mol. The summed E-state index contributed by atoms with van der Waals surface area (Å²) < 4.78 is 1.13. The van der Waals surface area contributed by atoms with Crippen LogP contribution in [-0.4, -0.2) is 36.4 Å². The Bertz CT molecular complexity index is 720. The zero-order valence-corrected chi connectivity index (χ0v) is 19.1. The normalized spacial score (nSPS) is 11.1. The van der Waals surface area contributed by atoms with Crippen LogP contribution < -0.4 is 10.6 Å². The molecule has 2 rings (SSSR count). The van der Waals surface area contributed by atoms with Crippen LogP contribution in [0.4, 0.5) is 0 Å². The summed E-state index contributed by atoms with van der Waals surface area (Å²) in [5.41, 5.74) is 3.35. The van der Waals surface area contributed by atoms with Crippen LogP contribution in [0.15, 0.2) is 40.9 Å². The first-order valence-corrected chi connectivity index (χ1v) is 11.6. The Labute approximate surface area is 183 Å². The van der Waals surface area contributed by atoms with Gasteiger partial charge < -0.3 is 20.8 Å². The molecule has 0 aromatic heterocycles. The van der Waals surface area contributed by atoms with Gasteiger partial charge in [0.1, 0.15) is 0 Å². The largest absolute Gasteiger partial charge is 0.504 e. The number of hydrogen-bond donors (Lipinski definition) is 4. The SMILES string of the molecule is CCc1c(CCNCCCCCCNCCc2ccc(Br)cc2)ccc(O)c1O. The van der Waals surface area contributed by atoms with E-state index in [0.717, 1.165) is 61.0 Å². The molecule has 0 amide bonds. The Morgan fingerprint density at radius 2 is 1.38 bits per heavy atom. The molecule has 0 saturated carbocycles. The molecule has 0 bridgehead atoms. The summed E-state index contributed by atoms with van der Waals surface area (Å²) in [6.45, 7) is 6.06. The van der Waals surface area contributed by atoms with E-state index in [4.69, 9.17) is 0 Å². The molecule has 0 radical (unpaired) electrons. The molecule has 5 heteroatoms. The maximum atomic E-state index is 9.95. The molecule has 29 heavy (non-hydrogen) atoms. The van der Waals surface area contributed by atoms with Crippen LogP contribution in [0.25, 0.3) is 0 Å². The minimum Gasteiger partial charge on any atom is -0.504 e. The molecule has 0 heterocycles. The minimum atomic E-state index is -0.0265. The van der Waals surface area contributed by atoms with E-state index >= 15 is 0 Å². The fourth-order valence-electron chi connectivity index (χ4n) is 3.50. The van der Waals surface area contributed by atoms with Crippen molar-refractivity contribution in [3.63, 3.8) is 0 Å². The molecule has 0 unspecified atom stereocenters. The van der Waals surface area contributed by atoms with Crippen molar-refractivity contribution in [2.75, 3.05) is 26.2 Å². The van der Waals surface area contributed by atoms with Gasteiger partial charge in [-0.25, -0.2) is 0 Å². The summed E-state index contributed by atoms with van der Waals surface area (Å²) in [5, 5.41) is 26.6. The maximum absolute atomic E-state index is 9.95. The Balaban J connectivity index is 1.44. The van der Waals surface area contributed by atoms with Gasteiger partial charge in [0, 0.05) is 10.0 Å². The van der Waals surface area contributed by atoms with E-state index in [1.807, 2.05) is 13.0 Å². The highest BCUT2D eigenvalue weighted by Crippen LogP contribution is 2.31. The average Bonchev–Trinajstić information content (AvgIpc) is 2.72. The number of nitrogens with one attached hydrogen (secondary N) is 2. The lowest BCUT2D eigenvalue weighted by atomic mass is 10.0. The fourth-order valence-corrected chi connectivity index (χ4v) is 3.77. The highest BCUT2D eigenvalue weighted by Gasteiger charge is 2.09. The van der Waals surface area contributed by atoms with Crippen LogP contribution in [0, 0.1) is 0 Å². The van der Waals surface area contributed by atoms with Crippen molar-refractivity contribution in [3.05, 3.63) is 57.6 Å². The van der Waals surface area contributed by atoms with Crippen LogP contribution in [0.3, 0.4) is 0 Å². The van der Waals surface area contributed by atoms with E-state index in [1.54, 1.807) is 6.07 Å². The summed E-state index contributed by atoms with van der Waals surface area (Å²) >= 11 is 3.47. The Hall–Kier alpha value is -1.56. The lowest BCUT2D eigenvalue weighted by molar-refractivity contribution is 0.399. The Morgan fingerprint density at radius 1 is 0.759 bits per heavy atom. The summed E-state index contributed by atoms with van der Waals surface area (Å²) in [6, 6.07) is 12.0. The second kappa shape index (κ2) is 13.6. The predicted octanol–water partition coefficient (Wildman–Crippen LogP) is 4.95. The minimum absolute atomic E-state index is 0.0265. The molecule has 0 aliphatic heterocycles. The van der Waals surface area contributed by atoms with E-state index in [2.05, 4.69) is 50.8 Å². The zero-order valence-electron chi connectivity index (χ0n) is 17.5. The third-order valence-corrected chi connectivity index (χ3v) is 5.77. The van der Waals surface area contributed by atoms with Crippen molar-refractivity contribution in [3.8, 4) is 11.5 Å². The quantitative estimate of drug-likeness (QED) is 0.237. The third kappa shape index (κ3) is 8.77. The first kappa shape index (κ1) is 23.7. The number of phenols is 2. The van der Waals surface area contributed by atoms with Crippen LogP contribution >= 0.6 is 15.9 Å². The second-order valence-electron chi connectivity index (χ2n) is 7.47. The van der Waals surface area contributed by atoms with Gasteiger partial charge >= 0.3 is 0 Å². The van der Waals surface area contributed by atoms with Gasteiger partial charge in [-0.2, -0.15) is 0 Å². The van der Waals surface area contributed by atoms with Gasteiger partial charge in [-0.05, 0) is 87.6 Å². The van der Waals surface area contributed by atoms with E-state index < -0.39 is 0 Å². The molecule has 2 aromatic carbocycles. The van der Waals surface area contributed by atoms with Gasteiger partial charge in [-0.1, -0.05) is 53.9 Å². The summed E-state index contributed by atoms with van der Waals surface area (Å²) in [5.74, 6) is 0.0109. The molecular formula is C24H35BrN2O2. The average molecular weight is 463 g/mol. The number of aromatic hydroxyl groups is 2. The molecular weight excluding hydrogens is 428 g/mol. The monoisotopic (exact) mass is 462 g/mol. The van der Waals surface area contributed by atoms with Gasteiger partial charge in [0.2, 0.25) is 0 Å². The second-order valence-corrected chi connectivity index (χ2v) is 8.38. The molecule has 0 spiro atoms. The van der Waals surface area contributed by atoms with Gasteiger partial charge in [-0.3, -0.25) is 0 Å². The maximum Gasteiger partial charge on any atom is 0.160 e. The Kier molecular flexibility index (Phi) is 11.1. The lowest BCUT2D eigenvalue weighted by Gasteiger charge is -2.12. The number of unbranched alkanes of at least 4 members (excludes halogenated alkanes) is 3.